The quantitative estimate of drug-likeness (QED) is 0.633. The van der Waals surface area contributed by atoms with Gasteiger partial charge in [-0.1, -0.05) is 12.1 Å². The van der Waals surface area contributed by atoms with E-state index in [9.17, 15) is 4.79 Å². The maximum Gasteiger partial charge on any atom is 0.257 e. The molecule has 3 aromatic rings. The van der Waals surface area contributed by atoms with Crippen LogP contribution in [0.4, 0.5) is 0 Å². The molecule has 0 unspecified atom stereocenters. The maximum atomic E-state index is 13.4. The number of fused-ring (bicyclic) bond motifs is 2. The predicted molar refractivity (Wildman–Crippen MR) is 115 cm³/mol. The summed E-state index contributed by atoms with van der Waals surface area (Å²) in [6.45, 7) is 0.887. The van der Waals surface area contributed by atoms with Crippen LogP contribution in [0.15, 0.2) is 42.7 Å². The van der Waals surface area contributed by atoms with Crippen molar-refractivity contribution in [1.29, 1.82) is 0 Å². The number of amides is 1. The normalized spacial score (nSPS) is 22.2. The van der Waals surface area contributed by atoms with Gasteiger partial charge < -0.3 is 9.64 Å². The van der Waals surface area contributed by atoms with Crippen molar-refractivity contribution in [2.24, 2.45) is 5.92 Å². The maximum absolute atomic E-state index is 13.4. The first-order valence-corrected chi connectivity index (χ1v) is 11.1. The summed E-state index contributed by atoms with van der Waals surface area (Å²) in [5.74, 6) is 2.40. The molecule has 1 amide bonds. The molecule has 3 heterocycles. The zero-order valence-corrected chi connectivity index (χ0v) is 17.6. The highest BCUT2D eigenvalue weighted by Gasteiger charge is 2.43. The molecule has 2 atom stereocenters. The fourth-order valence-corrected chi connectivity index (χ4v) is 5.22. The summed E-state index contributed by atoms with van der Waals surface area (Å²) < 4.78 is 7.28. The van der Waals surface area contributed by atoms with Gasteiger partial charge in [-0.05, 0) is 56.2 Å². The summed E-state index contributed by atoms with van der Waals surface area (Å²) in [5.41, 5.74) is 3.36. The summed E-state index contributed by atoms with van der Waals surface area (Å²) in [4.78, 5) is 24.8. The molecule has 2 aliphatic carbocycles. The van der Waals surface area contributed by atoms with Crippen LogP contribution < -0.4 is 4.74 Å². The van der Waals surface area contributed by atoms with Gasteiger partial charge in [-0.2, -0.15) is 5.10 Å². The predicted octanol–water partition coefficient (Wildman–Crippen LogP) is 3.84. The Balaban J connectivity index is 1.39. The molecule has 6 rings (SSSR count). The van der Waals surface area contributed by atoms with E-state index in [1.807, 2.05) is 30.3 Å². The van der Waals surface area contributed by atoms with Crippen molar-refractivity contribution in [3.63, 3.8) is 0 Å². The van der Waals surface area contributed by atoms with Crippen LogP contribution in [0.5, 0.6) is 5.75 Å². The number of carbonyl (C=O) groups is 1. The molecule has 1 saturated heterocycles. The third-order valence-electron chi connectivity index (χ3n) is 6.89. The molecule has 1 aliphatic heterocycles. The van der Waals surface area contributed by atoms with Gasteiger partial charge in [0.2, 0.25) is 0 Å². The van der Waals surface area contributed by atoms with Crippen molar-refractivity contribution in [3.8, 4) is 23.0 Å². The third-order valence-corrected chi connectivity index (χ3v) is 6.89. The van der Waals surface area contributed by atoms with Crippen LogP contribution in [0, 0.1) is 5.92 Å². The van der Waals surface area contributed by atoms with E-state index in [0.29, 0.717) is 23.8 Å². The smallest absolute Gasteiger partial charge is 0.257 e. The molecule has 0 spiro atoms. The number of benzene rings is 1. The summed E-state index contributed by atoms with van der Waals surface area (Å²) in [7, 11) is 1.66. The highest BCUT2D eigenvalue weighted by atomic mass is 16.5. The van der Waals surface area contributed by atoms with Crippen LogP contribution in [-0.2, 0) is 0 Å². The molecule has 0 N–H and O–H groups in total. The first-order valence-electron chi connectivity index (χ1n) is 11.1. The molecule has 2 bridgehead atoms. The zero-order chi connectivity index (χ0) is 20.9. The van der Waals surface area contributed by atoms with Crippen LogP contribution in [0.2, 0.25) is 0 Å². The van der Waals surface area contributed by atoms with Gasteiger partial charge in [-0.3, -0.25) is 4.79 Å². The summed E-state index contributed by atoms with van der Waals surface area (Å²) >= 11 is 0. The molecule has 158 valence electrons. The van der Waals surface area contributed by atoms with E-state index in [1.165, 1.54) is 6.42 Å². The SMILES string of the molecule is COc1ccccc1-c1ccnc(-n2ncc(C(=O)N3C[C@@H]4CC[C@H]3C4)c2C2CC2)n1. The monoisotopic (exact) mass is 415 g/mol. The van der Waals surface area contributed by atoms with E-state index in [4.69, 9.17) is 9.72 Å². The number of para-hydroxylation sites is 1. The van der Waals surface area contributed by atoms with Crippen molar-refractivity contribution in [2.45, 2.75) is 44.1 Å². The average Bonchev–Trinajstić information content (AvgIpc) is 3.23. The number of aromatic nitrogens is 4. The van der Waals surface area contributed by atoms with E-state index in [1.54, 1.807) is 24.2 Å². The number of piperidine rings is 1. The Hall–Kier alpha value is -3.22. The lowest BCUT2D eigenvalue weighted by molar-refractivity contribution is 0.0702. The van der Waals surface area contributed by atoms with Crippen molar-refractivity contribution in [2.75, 3.05) is 13.7 Å². The topological polar surface area (TPSA) is 73.1 Å². The van der Waals surface area contributed by atoms with Gasteiger partial charge in [0.05, 0.1) is 30.3 Å². The number of rotatable bonds is 5. The second-order valence-electron chi connectivity index (χ2n) is 8.86. The second kappa shape index (κ2) is 7.18. The van der Waals surface area contributed by atoms with Crippen molar-refractivity contribution < 1.29 is 9.53 Å². The zero-order valence-electron chi connectivity index (χ0n) is 17.6. The van der Waals surface area contributed by atoms with E-state index in [0.717, 1.165) is 60.5 Å². The Kier molecular flexibility index (Phi) is 4.30. The van der Waals surface area contributed by atoms with Gasteiger partial charge in [0.25, 0.3) is 11.9 Å². The number of carbonyl (C=O) groups excluding carboxylic acids is 1. The molecule has 7 nitrogen and oxygen atoms in total. The Bertz CT molecular complexity index is 1150. The van der Waals surface area contributed by atoms with Gasteiger partial charge in [0.1, 0.15) is 5.75 Å². The van der Waals surface area contributed by atoms with Crippen LogP contribution in [-0.4, -0.2) is 50.3 Å². The molecule has 2 saturated carbocycles. The number of methoxy groups -OCH3 is 1. The lowest BCUT2D eigenvalue weighted by Crippen LogP contribution is -2.38. The van der Waals surface area contributed by atoms with E-state index >= 15 is 0 Å². The Morgan fingerprint density at radius 2 is 2.00 bits per heavy atom. The van der Waals surface area contributed by atoms with Crippen molar-refractivity contribution in [3.05, 3.63) is 54.0 Å². The molecule has 3 aliphatic rings. The number of nitrogens with zero attached hydrogens (tertiary/aromatic N) is 5. The minimum atomic E-state index is 0.126. The van der Waals surface area contributed by atoms with Gasteiger partial charge in [0, 0.05) is 30.3 Å². The summed E-state index contributed by atoms with van der Waals surface area (Å²) in [6.07, 6.45) is 9.15. The average molecular weight is 415 g/mol. The van der Waals surface area contributed by atoms with Gasteiger partial charge in [-0.15, -0.1) is 0 Å². The molecule has 31 heavy (non-hydrogen) atoms. The fourth-order valence-electron chi connectivity index (χ4n) is 5.22. The van der Waals surface area contributed by atoms with Gasteiger partial charge >= 0.3 is 0 Å². The number of hydrogen-bond donors (Lipinski definition) is 0. The molecule has 1 aromatic carbocycles. The van der Waals surface area contributed by atoms with Crippen LogP contribution in [0.1, 0.15) is 54.1 Å². The lowest BCUT2D eigenvalue weighted by atomic mass is 10.1. The Morgan fingerprint density at radius 3 is 2.74 bits per heavy atom. The standard InChI is InChI=1S/C24H25N5O2/c1-31-21-5-3-2-4-18(21)20-10-11-25-24(27-20)29-22(16-7-8-16)19(13-26-29)23(30)28-14-15-6-9-17(28)12-15/h2-5,10-11,13,15-17H,6-9,12,14H2,1H3/t15-,17+/m1/s1. The minimum absolute atomic E-state index is 0.126. The van der Waals surface area contributed by atoms with Crippen molar-refractivity contribution in [1.82, 2.24) is 24.6 Å². The van der Waals surface area contributed by atoms with E-state index in [2.05, 4.69) is 15.0 Å². The number of ether oxygens (including phenoxy) is 1. The van der Waals surface area contributed by atoms with Crippen LogP contribution >= 0.6 is 0 Å². The third kappa shape index (κ3) is 3.10. The van der Waals surface area contributed by atoms with E-state index in [-0.39, 0.29) is 5.91 Å². The number of likely N-dealkylation sites (tertiary alicyclic amines) is 1. The summed E-state index contributed by atoms with van der Waals surface area (Å²) in [5, 5.41) is 4.59. The molecular weight excluding hydrogens is 390 g/mol. The molecule has 3 fully saturated rings. The van der Waals surface area contributed by atoms with Crippen LogP contribution in [0.3, 0.4) is 0 Å². The molecule has 2 aromatic heterocycles. The Labute approximate surface area is 181 Å². The highest BCUT2D eigenvalue weighted by molar-refractivity contribution is 5.96. The first-order chi connectivity index (χ1) is 15.2. The van der Waals surface area contributed by atoms with Gasteiger partial charge in [-0.25, -0.2) is 14.6 Å². The molecule has 0 radical (unpaired) electrons. The first kappa shape index (κ1) is 18.5. The van der Waals surface area contributed by atoms with Crippen molar-refractivity contribution >= 4 is 5.91 Å². The van der Waals surface area contributed by atoms with Crippen LogP contribution in [0.25, 0.3) is 17.2 Å². The van der Waals surface area contributed by atoms with Gasteiger partial charge in [0.15, 0.2) is 0 Å². The fraction of sp³-hybridized carbons (Fsp3) is 0.417. The highest BCUT2D eigenvalue weighted by Crippen LogP contribution is 2.44. The largest absolute Gasteiger partial charge is 0.496 e. The Morgan fingerprint density at radius 1 is 1.13 bits per heavy atom. The summed E-state index contributed by atoms with van der Waals surface area (Å²) in [6, 6.07) is 10.1. The minimum Gasteiger partial charge on any atom is -0.496 e. The van der Waals surface area contributed by atoms with E-state index < -0.39 is 0 Å². The second-order valence-corrected chi connectivity index (χ2v) is 8.86. The molecular formula is C24H25N5O2. The number of hydrogen-bond acceptors (Lipinski definition) is 5. The molecule has 7 heteroatoms. The lowest BCUT2D eigenvalue weighted by Gasteiger charge is -2.27.